The van der Waals surface area contributed by atoms with Crippen molar-refractivity contribution in [2.45, 2.75) is 26.8 Å². The van der Waals surface area contributed by atoms with Crippen LogP contribution in [-0.2, 0) is 0 Å². The maximum Gasteiger partial charge on any atom is 0.141 e. The molecule has 2 aromatic rings. The lowest BCUT2D eigenvalue weighted by molar-refractivity contribution is 0.539. The van der Waals surface area contributed by atoms with Crippen LogP contribution in [0.25, 0.3) is 0 Å². The molecule has 19 heavy (non-hydrogen) atoms. The fourth-order valence-corrected chi connectivity index (χ4v) is 2.17. The summed E-state index contributed by atoms with van der Waals surface area (Å²) >= 11 is 5.09. The molecule has 0 atom stereocenters. The first-order valence-electron chi connectivity index (χ1n) is 6.06. The number of rotatable bonds is 4. The third-order valence-electron chi connectivity index (χ3n) is 2.81. The van der Waals surface area contributed by atoms with E-state index >= 15 is 0 Å². The average molecular weight is 275 g/mol. The first-order chi connectivity index (χ1) is 9.00. The Kier molecular flexibility index (Phi) is 3.80. The van der Waals surface area contributed by atoms with Gasteiger partial charge in [-0.1, -0.05) is 12.2 Å². The standard InChI is InChI=1S/C13H17N5S/c1-8(2)18-10(5-7-16-18)17-13-11(12(14)19)9(3)4-6-15-13/h4-8H,1-3H3,(H2,14,19)(H,15,17). The molecule has 3 N–H and O–H groups in total. The van der Waals surface area contributed by atoms with Gasteiger partial charge in [-0.2, -0.15) is 5.10 Å². The molecule has 0 radical (unpaired) electrons. The van der Waals surface area contributed by atoms with Gasteiger partial charge in [0.15, 0.2) is 0 Å². The van der Waals surface area contributed by atoms with E-state index in [1.807, 2.05) is 23.7 Å². The summed E-state index contributed by atoms with van der Waals surface area (Å²) < 4.78 is 1.88. The number of nitrogens with zero attached hydrogens (tertiary/aromatic N) is 3. The van der Waals surface area contributed by atoms with Crippen molar-refractivity contribution in [3.05, 3.63) is 35.7 Å². The molecule has 100 valence electrons. The largest absolute Gasteiger partial charge is 0.389 e. The zero-order chi connectivity index (χ0) is 14.0. The Labute approximate surface area is 117 Å². The predicted molar refractivity (Wildman–Crippen MR) is 80.8 cm³/mol. The van der Waals surface area contributed by atoms with Crippen molar-refractivity contribution in [3.63, 3.8) is 0 Å². The molecule has 0 spiro atoms. The minimum absolute atomic E-state index is 0.260. The topological polar surface area (TPSA) is 68.8 Å². The van der Waals surface area contributed by atoms with Crippen LogP contribution in [0.1, 0.15) is 31.0 Å². The Bertz CT molecular complexity index is 603. The van der Waals surface area contributed by atoms with Crippen LogP contribution >= 0.6 is 12.2 Å². The van der Waals surface area contributed by atoms with Gasteiger partial charge in [0.25, 0.3) is 0 Å². The van der Waals surface area contributed by atoms with Crippen molar-refractivity contribution in [1.29, 1.82) is 0 Å². The van der Waals surface area contributed by atoms with Crippen LogP contribution in [-0.4, -0.2) is 19.8 Å². The molecule has 0 aromatic carbocycles. The third kappa shape index (κ3) is 2.73. The Balaban J connectivity index is 2.41. The van der Waals surface area contributed by atoms with Gasteiger partial charge in [-0.15, -0.1) is 0 Å². The number of thiocarbonyl (C=S) groups is 1. The molecule has 0 bridgehead atoms. The van der Waals surface area contributed by atoms with E-state index in [0.29, 0.717) is 10.8 Å². The number of anilines is 2. The maximum absolute atomic E-state index is 5.77. The molecule has 0 saturated heterocycles. The van der Waals surface area contributed by atoms with Crippen LogP contribution < -0.4 is 11.1 Å². The molecule has 6 heteroatoms. The van der Waals surface area contributed by atoms with Crippen molar-refractivity contribution in [1.82, 2.24) is 14.8 Å². The van der Waals surface area contributed by atoms with Gasteiger partial charge in [-0.3, -0.25) is 0 Å². The van der Waals surface area contributed by atoms with E-state index in [0.717, 1.165) is 16.9 Å². The van der Waals surface area contributed by atoms with Gasteiger partial charge in [0.2, 0.25) is 0 Å². The first kappa shape index (κ1) is 13.5. The highest BCUT2D eigenvalue weighted by Gasteiger charge is 2.12. The van der Waals surface area contributed by atoms with E-state index in [2.05, 4.69) is 29.2 Å². The zero-order valence-corrected chi connectivity index (χ0v) is 12.0. The van der Waals surface area contributed by atoms with E-state index < -0.39 is 0 Å². The highest BCUT2D eigenvalue weighted by atomic mass is 32.1. The summed E-state index contributed by atoms with van der Waals surface area (Å²) in [5.41, 5.74) is 7.54. The lowest BCUT2D eigenvalue weighted by Gasteiger charge is -2.15. The fourth-order valence-electron chi connectivity index (χ4n) is 1.91. The van der Waals surface area contributed by atoms with E-state index in [1.165, 1.54) is 0 Å². The van der Waals surface area contributed by atoms with E-state index in [4.69, 9.17) is 18.0 Å². The average Bonchev–Trinajstić information content (AvgIpc) is 2.76. The Morgan fingerprint density at radius 3 is 2.74 bits per heavy atom. The molecule has 2 aromatic heterocycles. The smallest absolute Gasteiger partial charge is 0.141 e. The van der Waals surface area contributed by atoms with Crippen LogP contribution in [0.5, 0.6) is 0 Å². The van der Waals surface area contributed by atoms with Gasteiger partial charge in [-0.25, -0.2) is 9.67 Å². The van der Waals surface area contributed by atoms with Crippen molar-refractivity contribution in [2.24, 2.45) is 5.73 Å². The van der Waals surface area contributed by atoms with Crippen molar-refractivity contribution >= 4 is 28.8 Å². The number of hydrogen-bond acceptors (Lipinski definition) is 4. The summed E-state index contributed by atoms with van der Waals surface area (Å²) in [6, 6.07) is 4.04. The lowest BCUT2D eigenvalue weighted by Crippen LogP contribution is -2.16. The minimum atomic E-state index is 0.260. The monoisotopic (exact) mass is 275 g/mol. The van der Waals surface area contributed by atoms with Gasteiger partial charge in [0, 0.05) is 18.3 Å². The Morgan fingerprint density at radius 2 is 2.11 bits per heavy atom. The zero-order valence-electron chi connectivity index (χ0n) is 11.2. The molecule has 0 unspecified atom stereocenters. The highest BCUT2D eigenvalue weighted by molar-refractivity contribution is 7.80. The SMILES string of the molecule is Cc1ccnc(Nc2ccnn2C(C)C)c1C(N)=S. The summed E-state index contributed by atoms with van der Waals surface area (Å²) in [6.45, 7) is 6.09. The normalized spacial score (nSPS) is 10.7. The van der Waals surface area contributed by atoms with Crippen molar-refractivity contribution in [2.75, 3.05) is 5.32 Å². The van der Waals surface area contributed by atoms with Gasteiger partial charge >= 0.3 is 0 Å². The van der Waals surface area contributed by atoms with Crippen LogP contribution in [0, 0.1) is 6.92 Å². The van der Waals surface area contributed by atoms with Crippen LogP contribution in [0.2, 0.25) is 0 Å². The fraction of sp³-hybridized carbons (Fsp3) is 0.308. The van der Waals surface area contributed by atoms with Gasteiger partial charge < -0.3 is 11.1 Å². The second-order valence-corrected chi connectivity index (χ2v) is 5.04. The quantitative estimate of drug-likeness (QED) is 0.839. The summed E-state index contributed by atoms with van der Waals surface area (Å²) in [4.78, 5) is 4.65. The number of hydrogen-bond donors (Lipinski definition) is 2. The maximum atomic E-state index is 5.77. The lowest BCUT2D eigenvalue weighted by atomic mass is 10.1. The molecule has 0 amide bonds. The molecular weight excluding hydrogens is 258 g/mol. The summed E-state index contributed by atoms with van der Waals surface area (Å²) in [5.74, 6) is 1.53. The summed E-state index contributed by atoms with van der Waals surface area (Å²) in [7, 11) is 0. The van der Waals surface area contributed by atoms with Gasteiger partial charge in [-0.05, 0) is 32.4 Å². The Morgan fingerprint density at radius 1 is 1.37 bits per heavy atom. The first-order valence-corrected chi connectivity index (χ1v) is 6.47. The molecule has 5 nitrogen and oxygen atoms in total. The number of nitrogens with two attached hydrogens (primary N) is 1. The molecule has 0 fully saturated rings. The molecule has 2 heterocycles. The van der Waals surface area contributed by atoms with E-state index in [1.54, 1.807) is 12.4 Å². The summed E-state index contributed by atoms with van der Waals surface area (Å²) in [6.07, 6.45) is 3.48. The molecule has 0 saturated carbocycles. The van der Waals surface area contributed by atoms with Gasteiger partial charge in [0.05, 0.1) is 11.8 Å². The predicted octanol–water partition coefficient (Wildman–Crippen LogP) is 2.55. The van der Waals surface area contributed by atoms with E-state index in [-0.39, 0.29) is 6.04 Å². The Hall–Kier alpha value is -1.95. The summed E-state index contributed by atoms with van der Waals surface area (Å²) in [5, 5.41) is 7.52. The molecule has 2 rings (SSSR count). The van der Waals surface area contributed by atoms with Crippen molar-refractivity contribution in [3.8, 4) is 0 Å². The minimum Gasteiger partial charge on any atom is -0.389 e. The second-order valence-electron chi connectivity index (χ2n) is 4.60. The van der Waals surface area contributed by atoms with Crippen LogP contribution in [0.4, 0.5) is 11.6 Å². The van der Waals surface area contributed by atoms with E-state index in [9.17, 15) is 0 Å². The van der Waals surface area contributed by atoms with Crippen LogP contribution in [0.15, 0.2) is 24.5 Å². The van der Waals surface area contributed by atoms with Gasteiger partial charge in [0.1, 0.15) is 16.6 Å². The van der Waals surface area contributed by atoms with Crippen molar-refractivity contribution < 1.29 is 0 Å². The molecular formula is C13H17N5S. The number of nitrogens with one attached hydrogen (secondary N) is 1. The third-order valence-corrected chi connectivity index (χ3v) is 3.02. The number of pyridine rings is 1. The second kappa shape index (κ2) is 5.36. The molecule has 0 aliphatic rings. The molecule has 0 aliphatic carbocycles. The van der Waals surface area contributed by atoms with Crippen LogP contribution in [0.3, 0.4) is 0 Å². The molecule has 0 aliphatic heterocycles. The number of aromatic nitrogens is 3. The highest BCUT2D eigenvalue weighted by Crippen LogP contribution is 2.22. The number of aryl methyl sites for hydroxylation is 1.